The largest absolute Gasteiger partial charge is 0.494 e. The molecule has 0 aliphatic rings. The van der Waals surface area contributed by atoms with Gasteiger partial charge in [-0.2, -0.15) is 0 Å². The highest BCUT2D eigenvalue weighted by Crippen LogP contribution is 2.15. The van der Waals surface area contributed by atoms with Crippen LogP contribution >= 0.6 is 0 Å². The van der Waals surface area contributed by atoms with E-state index in [1.54, 1.807) is 24.3 Å². The number of benzene rings is 2. The zero-order chi connectivity index (χ0) is 18.6. The highest BCUT2D eigenvalue weighted by Gasteiger charge is 2.02. The van der Waals surface area contributed by atoms with E-state index in [4.69, 9.17) is 10.5 Å². The Kier molecular flexibility index (Phi) is 8.47. The van der Waals surface area contributed by atoms with Crippen LogP contribution in [-0.4, -0.2) is 12.4 Å². The van der Waals surface area contributed by atoms with Gasteiger partial charge in [0, 0.05) is 17.7 Å². The number of anilines is 1. The molecule has 3 nitrogen and oxygen atoms in total. The first kappa shape index (κ1) is 19.8. The van der Waals surface area contributed by atoms with Crippen molar-refractivity contribution in [2.45, 2.75) is 45.4 Å². The molecule has 0 atom stereocenters. The maximum atomic E-state index is 12.1. The average Bonchev–Trinajstić information content (AvgIpc) is 2.66. The monoisotopic (exact) mass is 351 g/mol. The summed E-state index contributed by atoms with van der Waals surface area (Å²) in [7, 11) is 0. The Morgan fingerprint density at radius 2 is 1.65 bits per heavy atom. The fraction of sp³-hybridized carbons (Fsp3) is 0.348. The standard InChI is InChI=1S/C23H29NO2/c1-2-3-4-5-6-18-26-22-16-10-19(11-17-22)8-7-9-23(25)20-12-14-21(24)15-13-20/h7-8,10-17H,2-6,9,18,24H2,1H3. The first-order chi connectivity index (χ1) is 12.7. The lowest BCUT2D eigenvalue weighted by Gasteiger charge is -2.06. The second kappa shape index (κ2) is 11.1. The number of Topliss-reactive ketones (excluding diaryl/α,β-unsaturated/α-hetero) is 1. The molecule has 3 heteroatoms. The first-order valence-corrected chi connectivity index (χ1v) is 9.47. The van der Waals surface area contributed by atoms with Gasteiger partial charge in [0.1, 0.15) is 5.75 Å². The van der Waals surface area contributed by atoms with Crippen LogP contribution in [0.15, 0.2) is 54.6 Å². The van der Waals surface area contributed by atoms with Gasteiger partial charge in [-0.05, 0) is 48.4 Å². The molecule has 0 radical (unpaired) electrons. The minimum atomic E-state index is 0.0873. The molecular weight excluding hydrogens is 322 g/mol. The van der Waals surface area contributed by atoms with Crippen LogP contribution in [0.3, 0.4) is 0 Å². The predicted molar refractivity (Wildman–Crippen MR) is 110 cm³/mol. The summed E-state index contributed by atoms with van der Waals surface area (Å²) in [6.07, 6.45) is 10.4. The zero-order valence-corrected chi connectivity index (χ0v) is 15.6. The number of ether oxygens (including phenoxy) is 1. The molecule has 2 aromatic rings. The summed E-state index contributed by atoms with van der Waals surface area (Å²) >= 11 is 0. The van der Waals surface area contributed by atoms with Gasteiger partial charge in [0.15, 0.2) is 5.78 Å². The van der Waals surface area contributed by atoms with Crippen LogP contribution in [-0.2, 0) is 0 Å². The third-order valence-electron chi connectivity index (χ3n) is 4.24. The molecule has 0 bridgehead atoms. The molecule has 0 aliphatic heterocycles. The van der Waals surface area contributed by atoms with Crippen molar-refractivity contribution in [1.29, 1.82) is 0 Å². The van der Waals surface area contributed by atoms with Gasteiger partial charge in [-0.15, -0.1) is 0 Å². The summed E-state index contributed by atoms with van der Waals surface area (Å²) in [5.74, 6) is 0.986. The number of rotatable bonds is 11. The van der Waals surface area contributed by atoms with Gasteiger partial charge < -0.3 is 10.5 Å². The average molecular weight is 351 g/mol. The smallest absolute Gasteiger partial charge is 0.166 e. The molecule has 2 aromatic carbocycles. The minimum Gasteiger partial charge on any atom is -0.494 e. The quantitative estimate of drug-likeness (QED) is 0.311. The Morgan fingerprint density at radius 1 is 0.962 bits per heavy atom. The van der Waals surface area contributed by atoms with E-state index in [0.717, 1.165) is 24.3 Å². The SMILES string of the molecule is CCCCCCCOc1ccc(C=CCC(=O)c2ccc(N)cc2)cc1. The molecule has 138 valence electrons. The molecule has 0 unspecified atom stereocenters. The van der Waals surface area contributed by atoms with Gasteiger partial charge in [0.2, 0.25) is 0 Å². The van der Waals surface area contributed by atoms with Gasteiger partial charge in [-0.3, -0.25) is 4.79 Å². The Bertz CT molecular complexity index is 687. The van der Waals surface area contributed by atoms with E-state index in [2.05, 4.69) is 6.92 Å². The zero-order valence-electron chi connectivity index (χ0n) is 15.6. The molecular formula is C23H29NO2. The maximum Gasteiger partial charge on any atom is 0.166 e. The summed E-state index contributed by atoms with van der Waals surface area (Å²) in [4.78, 5) is 12.1. The van der Waals surface area contributed by atoms with Gasteiger partial charge in [-0.25, -0.2) is 0 Å². The number of allylic oxidation sites excluding steroid dienone is 1. The number of unbranched alkanes of at least 4 members (excludes halogenated alkanes) is 4. The molecule has 0 spiro atoms. The van der Waals surface area contributed by atoms with Gasteiger partial charge in [0.05, 0.1) is 6.61 Å². The van der Waals surface area contributed by atoms with Crippen molar-refractivity contribution in [3.8, 4) is 5.75 Å². The summed E-state index contributed by atoms with van der Waals surface area (Å²) in [5, 5.41) is 0. The predicted octanol–water partition coefficient (Wildman–Crippen LogP) is 5.90. The number of hydrogen-bond donors (Lipinski definition) is 1. The molecule has 0 amide bonds. The fourth-order valence-electron chi connectivity index (χ4n) is 2.66. The highest BCUT2D eigenvalue weighted by molar-refractivity contribution is 5.97. The topological polar surface area (TPSA) is 52.3 Å². The van der Waals surface area contributed by atoms with Crippen LogP contribution in [0.4, 0.5) is 5.69 Å². The summed E-state index contributed by atoms with van der Waals surface area (Å²) in [6, 6.07) is 15.0. The molecule has 26 heavy (non-hydrogen) atoms. The number of carbonyl (C=O) groups is 1. The minimum absolute atomic E-state index is 0.0873. The molecule has 0 aliphatic carbocycles. The molecule has 0 aromatic heterocycles. The number of hydrogen-bond acceptors (Lipinski definition) is 3. The van der Waals surface area contributed by atoms with Crippen molar-refractivity contribution >= 4 is 17.5 Å². The molecule has 0 fully saturated rings. The van der Waals surface area contributed by atoms with Crippen LogP contribution in [0.2, 0.25) is 0 Å². The molecule has 0 saturated carbocycles. The van der Waals surface area contributed by atoms with Crippen LogP contribution in [0.1, 0.15) is 61.4 Å². The number of nitrogens with two attached hydrogens (primary N) is 1. The third kappa shape index (κ3) is 7.14. The lowest BCUT2D eigenvalue weighted by atomic mass is 10.1. The van der Waals surface area contributed by atoms with E-state index in [-0.39, 0.29) is 5.78 Å². The molecule has 0 heterocycles. The lowest BCUT2D eigenvalue weighted by molar-refractivity contribution is 0.0996. The van der Waals surface area contributed by atoms with Crippen molar-refractivity contribution in [3.05, 3.63) is 65.7 Å². The third-order valence-corrected chi connectivity index (χ3v) is 4.24. The van der Waals surface area contributed by atoms with E-state index >= 15 is 0 Å². The van der Waals surface area contributed by atoms with E-state index in [0.29, 0.717) is 17.7 Å². The van der Waals surface area contributed by atoms with Crippen LogP contribution < -0.4 is 10.5 Å². The van der Waals surface area contributed by atoms with E-state index < -0.39 is 0 Å². The van der Waals surface area contributed by atoms with Crippen molar-refractivity contribution < 1.29 is 9.53 Å². The Balaban J connectivity index is 1.73. The van der Waals surface area contributed by atoms with Crippen molar-refractivity contribution in [1.82, 2.24) is 0 Å². The highest BCUT2D eigenvalue weighted by atomic mass is 16.5. The lowest BCUT2D eigenvalue weighted by Crippen LogP contribution is -1.97. The Labute approximate surface area is 156 Å². The Hall–Kier alpha value is -2.55. The second-order valence-corrected chi connectivity index (χ2v) is 6.48. The fourth-order valence-corrected chi connectivity index (χ4v) is 2.66. The van der Waals surface area contributed by atoms with Gasteiger partial charge in [-0.1, -0.05) is 56.9 Å². The van der Waals surface area contributed by atoms with Crippen LogP contribution in [0.25, 0.3) is 6.08 Å². The molecule has 0 saturated heterocycles. The van der Waals surface area contributed by atoms with E-state index in [9.17, 15) is 4.79 Å². The summed E-state index contributed by atoms with van der Waals surface area (Å²) in [6.45, 7) is 3.00. The van der Waals surface area contributed by atoms with Crippen molar-refractivity contribution in [3.63, 3.8) is 0 Å². The molecule has 2 N–H and O–H groups in total. The Morgan fingerprint density at radius 3 is 2.35 bits per heavy atom. The second-order valence-electron chi connectivity index (χ2n) is 6.48. The maximum absolute atomic E-state index is 12.1. The number of carbonyl (C=O) groups excluding carboxylic acids is 1. The van der Waals surface area contributed by atoms with Crippen molar-refractivity contribution in [2.24, 2.45) is 0 Å². The summed E-state index contributed by atoms with van der Waals surface area (Å²) in [5.41, 5.74) is 8.05. The van der Waals surface area contributed by atoms with E-state index in [1.807, 2.05) is 36.4 Å². The van der Waals surface area contributed by atoms with Gasteiger partial charge in [0.25, 0.3) is 0 Å². The van der Waals surface area contributed by atoms with Crippen molar-refractivity contribution in [2.75, 3.05) is 12.3 Å². The normalized spacial score (nSPS) is 11.0. The molecule has 2 rings (SSSR count). The summed E-state index contributed by atoms with van der Waals surface area (Å²) < 4.78 is 5.76. The van der Waals surface area contributed by atoms with E-state index in [1.165, 1.54) is 25.7 Å². The number of nitrogen functional groups attached to an aromatic ring is 1. The first-order valence-electron chi connectivity index (χ1n) is 9.47. The number of ketones is 1. The van der Waals surface area contributed by atoms with Gasteiger partial charge >= 0.3 is 0 Å². The van der Waals surface area contributed by atoms with Crippen LogP contribution in [0.5, 0.6) is 5.75 Å². The van der Waals surface area contributed by atoms with Crippen LogP contribution in [0, 0.1) is 0 Å².